The summed E-state index contributed by atoms with van der Waals surface area (Å²) in [5.41, 5.74) is 13.0. The van der Waals surface area contributed by atoms with E-state index in [9.17, 15) is 10.5 Å². The number of nitrogens with two attached hydrogens (primary N) is 1. The minimum Gasteiger partial charge on any atom is -0.383 e. The number of nitriles is 2. The zero-order valence-electron chi connectivity index (χ0n) is 16.7. The van der Waals surface area contributed by atoms with Gasteiger partial charge in [0.1, 0.15) is 18.0 Å². The molecule has 1 aromatic heterocycles. The highest BCUT2D eigenvalue weighted by molar-refractivity contribution is 6.08. The van der Waals surface area contributed by atoms with E-state index in [-0.39, 0.29) is 5.82 Å². The smallest absolute Gasteiger partial charge is 0.142 e. The number of allylic oxidation sites excluding steroid dienone is 3. The van der Waals surface area contributed by atoms with Crippen molar-refractivity contribution in [3.05, 3.63) is 57.8 Å². The number of benzene rings is 1. The lowest BCUT2D eigenvalue weighted by atomic mass is 9.95. The van der Waals surface area contributed by atoms with Gasteiger partial charge in [0.25, 0.3) is 0 Å². The molecule has 1 heterocycles. The van der Waals surface area contributed by atoms with Crippen molar-refractivity contribution in [3.8, 4) is 12.1 Å². The lowest BCUT2D eigenvalue weighted by Crippen LogP contribution is -2.21. The first-order valence-corrected chi connectivity index (χ1v) is 9.35. The molecule has 1 aliphatic carbocycles. The Morgan fingerprint density at radius 2 is 1.71 bits per heavy atom. The Morgan fingerprint density at radius 1 is 1.07 bits per heavy atom. The molecule has 0 saturated heterocycles. The summed E-state index contributed by atoms with van der Waals surface area (Å²) < 4.78 is 0. The van der Waals surface area contributed by atoms with E-state index in [1.165, 1.54) is 5.69 Å². The number of hydrogen-bond acceptors (Lipinski definition) is 5. The maximum atomic E-state index is 9.64. The SMILES string of the molecule is CCN(CC)c1ccc(/C=C2/C(C)=C(C#N)c3nc(N)c(C#N)c(C)c32)cc1. The molecule has 2 N–H and O–H groups in total. The summed E-state index contributed by atoms with van der Waals surface area (Å²) in [4.78, 5) is 6.66. The van der Waals surface area contributed by atoms with Gasteiger partial charge < -0.3 is 10.6 Å². The van der Waals surface area contributed by atoms with E-state index in [1.54, 1.807) is 0 Å². The summed E-state index contributed by atoms with van der Waals surface area (Å²) in [6, 6.07) is 12.7. The average molecular weight is 369 g/mol. The molecule has 140 valence electrons. The van der Waals surface area contributed by atoms with Gasteiger partial charge in [-0.15, -0.1) is 0 Å². The summed E-state index contributed by atoms with van der Waals surface area (Å²) >= 11 is 0. The molecule has 28 heavy (non-hydrogen) atoms. The van der Waals surface area contributed by atoms with Crippen LogP contribution in [0.4, 0.5) is 11.5 Å². The predicted molar refractivity (Wildman–Crippen MR) is 114 cm³/mol. The Kier molecular flexibility index (Phi) is 5.20. The molecule has 5 nitrogen and oxygen atoms in total. The molecule has 3 rings (SSSR count). The van der Waals surface area contributed by atoms with Crippen LogP contribution < -0.4 is 10.6 Å². The topological polar surface area (TPSA) is 89.7 Å². The van der Waals surface area contributed by atoms with Crippen LogP contribution in [-0.2, 0) is 0 Å². The Morgan fingerprint density at radius 3 is 2.25 bits per heavy atom. The van der Waals surface area contributed by atoms with E-state index in [1.807, 2.05) is 13.8 Å². The molecule has 0 atom stereocenters. The third kappa shape index (κ3) is 3.02. The number of aromatic nitrogens is 1. The molecule has 5 heteroatoms. The summed E-state index contributed by atoms with van der Waals surface area (Å²) in [7, 11) is 0. The standard InChI is InChI=1S/C23H23N5/c1-5-28(6-2)17-9-7-16(8-10-17)11-18-14(3)19(12-24)22-21(18)15(4)20(13-25)23(26)27-22/h7-11H,5-6H2,1-4H3,(H2,26,27)/b18-11-. The molecule has 2 aromatic rings. The van der Waals surface area contributed by atoms with Crippen molar-refractivity contribution in [2.45, 2.75) is 27.7 Å². The third-order valence-corrected chi connectivity index (χ3v) is 5.32. The van der Waals surface area contributed by atoms with E-state index < -0.39 is 0 Å². The second-order valence-corrected chi connectivity index (χ2v) is 6.77. The predicted octanol–water partition coefficient (Wildman–Crippen LogP) is 4.54. The first-order valence-electron chi connectivity index (χ1n) is 9.35. The lowest BCUT2D eigenvalue weighted by molar-refractivity contribution is 0.866. The van der Waals surface area contributed by atoms with Crippen LogP contribution in [0.15, 0.2) is 29.8 Å². The van der Waals surface area contributed by atoms with Gasteiger partial charge >= 0.3 is 0 Å². The summed E-state index contributed by atoms with van der Waals surface area (Å²) in [5, 5.41) is 19.1. The lowest BCUT2D eigenvalue weighted by Gasteiger charge is -2.21. The number of hydrogen-bond donors (Lipinski definition) is 1. The van der Waals surface area contributed by atoms with Crippen molar-refractivity contribution < 1.29 is 0 Å². The zero-order chi connectivity index (χ0) is 20.4. The molecule has 1 aromatic carbocycles. The number of pyridine rings is 1. The Labute approximate surface area is 166 Å². The van der Waals surface area contributed by atoms with Crippen LogP contribution in [0.25, 0.3) is 17.2 Å². The fourth-order valence-corrected chi connectivity index (χ4v) is 3.73. The van der Waals surface area contributed by atoms with Crippen molar-refractivity contribution in [2.24, 2.45) is 0 Å². The van der Waals surface area contributed by atoms with E-state index >= 15 is 0 Å². The fourth-order valence-electron chi connectivity index (χ4n) is 3.73. The van der Waals surface area contributed by atoms with Gasteiger partial charge in [-0.1, -0.05) is 12.1 Å². The maximum Gasteiger partial charge on any atom is 0.142 e. The van der Waals surface area contributed by atoms with E-state index in [0.717, 1.165) is 40.9 Å². The number of rotatable bonds is 4. The highest BCUT2D eigenvalue weighted by Gasteiger charge is 2.29. The molecule has 0 saturated carbocycles. The second-order valence-electron chi connectivity index (χ2n) is 6.77. The van der Waals surface area contributed by atoms with Crippen LogP contribution in [0, 0.1) is 29.6 Å². The van der Waals surface area contributed by atoms with Gasteiger partial charge in [-0.05, 0) is 68.2 Å². The minimum absolute atomic E-state index is 0.170. The van der Waals surface area contributed by atoms with Crippen LogP contribution in [-0.4, -0.2) is 18.1 Å². The molecule has 1 aliphatic rings. The van der Waals surface area contributed by atoms with E-state index in [2.05, 4.69) is 66.2 Å². The van der Waals surface area contributed by atoms with Crippen molar-refractivity contribution in [1.82, 2.24) is 4.98 Å². The van der Waals surface area contributed by atoms with E-state index in [4.69, 9.17) is 5.73 Å². The van der Waals surface area contributed by atoms with Gasteiger partial charge in [0, 0.05) is 24.3 Å². The van der Waals surface area contributed by atoms with Gasteiger partial charge in [-0.25, -0.2) is 4.98 Å². The largest absolute Gasteiger partial charge is 0.383 e. The van der Waals surface area contributed by atoms with Gasteiger partial charge in [0.15, 0.2) is 0 Å². The Balaban J connectivity index is 2.15. The molecular weight excluding hydrogens is 346 g/mol. The first kappa shape index (κ1) is 19.2. The van der Waals surface area contributed by atoms with Gasteiger partial charge in [0.05, 0.1) is 16.8 Å². The molecule has 0 radical (unpaired) electrons. The summed E-state index contributed by atoms with van der Waals surface area (Å²) in [6.45, 7) is 9.97. The quantitative estimate of drug-likeness (QED) is 0.854. The fraction of sp³-hybridized carbons (Fsp3) is 0.261. The van der Waals surface area contributed by atoms with E-state index in [0.29, 0.717) is 16.8 Å². The van der Waals surface area contributed by atoms with Crippen LogP contribution in [0.3, 0.4) is 0 Å². The highest BCUT2D eigenvalue weighted by atomic mass is 15.1. The van der Waals surface area contributed by atoms with Crippen molar-refractivity contribution in [3.63, 3.8) is 0 Å². The van der Waals surface area contributed by atoms with Crippen LogP contribution in [0.1, 0.15) is 48.7 Å². The molecule has 0 amide bonds. The number of nitrogens with zero attached hydrogens (tertiary/aromatic N) is 4. The van der Waals surface area contributed by atoms with Crippen molar-refractivity contribution in [1.29, 1.82) is 10.5 Å². The van der Waals surface area contributed by atoms with Gasteiger partial charge in [-0.3, -0.25) is 0 Å². The Hall–Kier alpha value is -3.57. The van der Waals surface area contributed by atoms with Crippen molar-refractivity contribution >= 4 is 28.7 Å². The molecule has 0 bridgehead atoms. The minimum atomic E-state index is 0.170. The maximum absolute atomic E-state index is 9.64. The molecule has 0 aliphatic heterocycles. The molecule has 0 spiro atoms. The van der Waals surface area contributed by atoms with Gasteiger partial charge in [-0.2, -0.15) is 10.5 Å². The molecule has 0 fully saturated rings. The number of fused-ring (bicyclic) bond motifs is 1. The first-order chi connectivity index (χ1) is 13.5. The molecule has 0 unspecified atom stereocenters. The van der Waals surface area contributed by atoms with Crippen LogP contribution in [0.5, 0.6) is 0 Å². The molecular formula is C23H23N5. The summed E-state index contributed by atoms with van der Waals surface area (Å²) in [5.74, 6) is 0.170. The third-order valence-electron chi connectivity index (χ3n) is 5.32. The van der Waals surface area contributed by atoms with Gasteiger partial charge in [0.2, 0.25) is 0 Å². The highest BCUT2D eigenvalue weighted by Crippen LogP contribution is 2.44. The number of anilines is 2. The normalized spacial score (nSPS) is 14.0. The zero-order valence-corrected chi connectivity index (χ0v) is 16.7. The number of nitrogen functional groups attached to an aromatic ring is 1. The van der Waals surface area contributed by atoms with Crippen molar-refractivity contribution in [2.75, 3.05) is 23.7 Å². The average Bonchev–Trinajstić information content (AvgIpc) is 2.95. The monoisotopic (exact) mass is 369 g/mol. The Bertz CT molecular complexity index is 1070. The summed E-state index contributed by atoms with van der Waals surface area (Å²) in [6.07, 6.45) is 2.05. The second kappa shape index (κ2) is 7.58. The van der Waals surface area contributed by atoms with Crippen LogP contribution in [0.2, 0.25) is 0 Å². The van der Waals surface area contributed by atoms with Crippen LogP contribution >= 0.6 is 0 Å².